The molecule has 2 N–H and O–H groups in total. The summed E-state index contributed by atoms with van der Waals surface area (Å²) in [7, 11) is -0.0593. The van der Waals surface area contributed by atoms with Gasteiger partial charge in [-0.05, 0) is 51.4 Å². The number of carboxylic acid groups (broad SMARTS) is 2. The second kappa shape index (κ2) is 18.9. The van der Waals surface area contributed by atoms with Gasteiger partial charge >= 0.3 is 22.5 Å². The third-order valence-electron chi connectivity index (χ3n) is 5.11. The van der Waals surface area contributed by atoms with Crippen LogP contribution in [0.2, 0.25) is 0 Å². The van der Waals surface area contributed by atoms with E-state index in [0.717, 1.165) is 6.08 Å². The average molecular weight is 444 g/mol. The minimum Gasteiger partial charge on any atom is -0.483 e. The predicted molar refractivity (Wildman–Crippen MR) is 112 cm³/mol. The first-order chi connectivity index (χ1) is 12.5. The monoisotopic (exact) mass is 443 g/mol. The Hall–Kier alpha value is -0.396. The summed E-state index contributed by atoms with van der Waals surface area (Å²) < 4.78 is 0. The van der Waals surface area contributed by atoms with Crippen molar-refractivity contribution in [3.05, 3.63) is 26.5 Å². The Labute approximate surface area is 177 Å². The van der Waals surface area contributed by atoms with Crippen LogP contribution < -0.4 is 0 Å². The maximum atomic E-state index is 9.31. The molecule has 0 unspecified atom stereocenters. The number of hydrogen-bond donors (Lipinski definition) is 2. The van der Waals surface area contributed by atoms with Crippen LogP contribution in [0.4, 0.5) is 0 Å². The van der Waals surface area contributed by atoms with E-state index in [1.54, 1.807) is 25.7 Å². The summed E-state index contributed by atoms with van der Waals surface area (Å²) in [6.45, 7) is 10.2. The van der Waals surface area contributed by atoms with Crippen molar-refractivity contribution in [2.24, 2.45) is 0 Å². The summed E-state index contributed by atoms with van der Waals surface area (Å²) in [5.41, 5.74) is 2.34. The molecule has 2 rings (SSSR count). The van der Waals surface area contributed by atoms with Gasteiger partial charge in [-0.1, -0.05) is 25.8 Å². The van der Waals surface area contributed by atoms with Crippen LogP contribution in [0.5, 0.6) is 0 Å². The number of hydrogen-bond acceptors (Lipinski definition) is 2. The van der Waals surface area contributed by atoms with Crippen molar-refractivity contribution in [2.75, 3.05) is 6.16 Å². The number of aliphatic carboxylic acids is 2. The summed E-state index contributed by atoms with van der Waals surface area (Å²) in [5, 5.41) is 15.3. The third kappa shape index (κ3) is 15.2. The van der Waals surface area contributed by atoms with Crippen molar-refractivity contribution in [3.63, 3.8) is 0 Å². The van der Waals surface area contributed by atoms with Crippen molar-refractivity contribution in [3.8, 4) is 0 Å². The molecular weight excluding hydrogens is 406 g/mol. The molecule has 27 heavy (non-hydrogen) atoms. The fourth-order valence-corrected chi connectivity index (χ4v) is 8.08. The van der Waals surface area contributed by atoms with Crippen molar-refractivity contribution < 1.29 is 36.3 Å². The normalized spacial score (nSPS) is 17.4. The van der Waals surface area contributed by atoms with E-state index in [0.29, 0.717) is 0 Å². The third-order valence-corrected chi connectivity index (χ3v) is 9.30. The molecule has 0 saturated heterocycles. The van der Waals surface area contributed by atoms with Crippen molar-refractivity contribution >= 4 is 19.9 Å². The summed E-state index contributed by atoms with van der Waals surface area (Å²) in [5.74, 6) is -1.84. The van der Waals surface area contributed by atoms with Crippen LogP contribution in [0.1, 0.15) is 77.0 Å². The van der Waals surface area contributed by atoms with Crippen LogP contribution in [0.15, 0.2) is 12.7 Å². The zero-order valence-electron chi connectivity index (χ0n) is 16.6. The SMILES string of the molecule is C=CC(=O)O.[CH2-]CC(=O)O.[CH2-]CC[PH+](C1CCCCC1)C1CCCCC1.[Ni+2]. The van der Waals surface area contributed by atoms with E-state index in [4.69, 9.17) is 10.2 Å². The quantitative estimate of drug-likeness (QED) is 0.241. The van der Waals surface area contributed by atoms with Crippen LogP contribution in [-0.2, 0) is 26.1 Å². The molecule has 0 aliphatic heterocycles. The van der Waals surface area contributed by atoms with Gasteiger partial charge in [0.05, 0.1) is 11.3 Å². The Morgan fingerprint density at radius 1 is 0.926 bits per heavy atom. The van der Waals surface area contributed by atoms with E-state index >= 15 is 0 Å². The van der Waals surface area contributed by atoms with E-state index in [1.165, 1.54) is 62.4 Å². The molecule has 4 nitrogen and oxygen atoms in total. The Bertz CT molecular complexity index is 374. The Morgan fingerprint density at radius 3 is 1.48 bits per heavy atom. The van der Waals surface area contributed by atoms with Crippen molar-refractivity contribution in [1.82, 2.24) is 0 Å². The van der Waals surface area contributed by atoms with Gasteiger partial charge < -0.3 is 24.1 Å². The molecule has 0 atom stereocenters. The fraction of sp³-hybridized carbons (Fsp3) is 0.714. The molecule has 0 aromatic carbocycles. The Morgan fingerprint density at radius 2 is 1.26 bits per heavy atom. The van der Waals surface area contributed by atoms with Gasteiger partial charge in [0, 0.05) is 20.2 Å². The summed E-state index contributed by atoms with van der Waals surface area (Å²) >= 11 is 0. The number of rotatable bonds is 6. The van der Waals surface area contributed by atoms with E-state index in [9.17, 15) is 9.59 Å². The van der Waals surface area contributed by atoms with Gasteiger partial charge in [0.15, 0.2) is 0 Å². The molecule has 0 aromatic rings. The molecule has 0 heterocycles. The fourth-order valence-electron chi connectivity index (χ4n) is 3.89. The van der Waals surface area contributed by atoms with Crippen LogP contribution in [0.3, 0.4) is 0 Å². The van der Waals surface area contributed by atoms with E-state index in [2.05, 4.69) is 20.4 Å². The molecule has 2 aliphatic rings. The molecule has 0 bridgehead atoms. The predicted octanol–water partition coefficient (Wildman–Crippen LogP) is 5.64. The molecule has 0 amide bonds. The molecule has 2 aliphatic carbocycles. The summed E-state index contributed by atoms with van der Waals surface area (Å²) in [4.78, 5) is 18.6. The van der Waals surface area contributed by atoms with E-state index in [1.807, 2.05) is 0 Å². The number of carboxylic acids is 2. The van der Waals surface area contributed by atoms with Gasteiger partial charge in [0.25, 0.3) is 5.97 Å². The molecular formula is C21H38NiO4P+. The zero-order valence-corrected chi connectivity index (χ0v) is 18.6. The maximum absolute atomic E-state index is 9.31. The van der Waals surface area contributed by atoms with Gasteiger partial charge in [0.2, 0.25) is 0 Å². The average Bonchev–Trinajstić information content (AvgIpc) is 2.68. The van der Waals surface area contributed by atoms with Crippen molar-refractivity contribution in [1.29, 1.82) is 0 Å². The largest absolute Gasteiger partial charge is 2.00 e. The molecule has 2 fully saturated rings. The molecule has 160 valence electrons. The Kier molecular flexibility index (Phi) is 20.2. The minimum atomic E-state index is -0.981. The topological polar surface area (TPSA) is 74.6 Å². The molecule has 2 saturated carbocycles. The van der Waals surface area contributed by atoms with Gasteiger partial charge in [-0.15, -0.1) is 6.42 Å². The molecule has 0 aromatic heterocycles. The molecule has 0 radical (unpaired) electrons. The van der Waals surface area contributed by atoms with Crippen molar-refractivity contribution in [2.45, 2.75) is 88.4 Å². The summed E-state index contributed by atoms with van der Waals surface area (Å²) in [6, 6.07) is 0. The number of carbonyl (C=O) groups is 2. The van der Waals surface area contributed by atoms with Crippen LogP contribution in [0.25, 0.3) is 0 Å². The second-order valence-corrected chi connectivity index (χ2v) is 10.3. The molecule has 6 heteroatoms. The van der Waals surface area contributed by atoms with Gasteiger partial charge in [0.1, 0.15) is 0 Å². The smallest absolute Gasteiger partial charge is 0.483 e. The maximum Gasteiger partial charge on any atom is 2.00 e. The van der Waals surface area contributed by atoms with E-state index in [-0.39, 0.29) is 30.8 Å². The first kappa shape index (κ1) is 28.8. The van der Waals surface area contributed by atoms with Gasteiger partial charge in [-0.25, -0.2) is 4.79 Å². The Balaban J connectivity index is 0. The van der Waals surface area contributed by atoms with Crippen LogP contribution >= 0.6 is 7.92 Å². The van der Waals surface area contributed by atoms with Gasteiger partial charge in [-0.2, -0.15) is 0 Å². The summed E-state index contributed by atoms with van der Waals surface area (Å²) in [6.07, 6.45) is 19.0. The standard InChI is InChI=1S/C15H28P.C3H5O2.C3H4O2.Ni/c1-2-13-16(14-9-5-3-6-10-14)15-11-7-4-8-12-15;2*1-2-3(4)5;/h14-15H,1-13H2;1-2H2,(H,4,5);2H,1H2,(H,4,5);/q2*-1;;+2/p+1. The van der Waals surface area contributed by atoms with Crippen LogP contribution in [0, 0.1) is 13.8 Å². The zero-order chi connectivity index (χ0) is 19.8. The van der Waals surface area contributed by atoms with Crippen LogP contribution in [-0.4, -0.2) is 39.6 Å². The van der Waals surface area contributed by atoms with Gasteiger partial charge in [-0.3, -0.25) is 4.79 Å². The first-order valence-corrected chi connectivity index (χ1v) is 11.8. The molecule has 0 spiro atoms. The van der Waals surface area contributed by atoms with E-state index < -0.39 is 11.9 Å². The first-order valence-electron chi connectivity index (χ1n) is 9.97. The minimum absolute atomic E-state index is 0. The second-order valence-electron chi connectivity index (χ2n) is 7.03.